The Morgan fingerprint density at radius 3 is 2.57 bits per heavy atom. The molecular formula is C16H15Cl2N3O2. The molecule has 0 atom stereocenters. The van der Waals surface area contributed by atoms with Crippen LogP contribution in [0.5, 0.6) is 11.6 Å². The van der Waals surface area contributed by atoms with Gasteiger partial charge < -0.3 is 15.8 Å². The van der Waals surface area contributed by atoms with Gasteiger partial charge in [-0.05, 0) is 43.2 Å². The number of nitrogens with two attached hydrogens (primary N) is 1. The van der Waals surface area contributed by atoms with Gasteiger partial charge in [0.05, 0.1) is 5.02 Å². The standard InChI is InChI=1S/C16H15Cl2N3O2/c17-10-7-14(18)16(20-8-10)23-13-3-1-12(2-4-13)21-15(22)9-5-11(19)6-9/h1-4,7-9,11H,5-6,19H2,(H,21,22). The highest BCUT2D eigenvalue weighted by Crippen LogP contribution is 2.30. The fourth-order valence-electron chi connectivity index (χ4n) is 2.32. The molecule has 23 heavy (non-hydrogen) atoms. The van der Waals surface area contributed by atoms with Crippen molar-refractivity contribution in [1.82, 2.24) is 4.98 Å². The van der Waals surface area contributed by atoms with Crippen LogP contribution in [0.15, 0.2) is 36.5 Å². The van der Waals surface area contributed by atoms with Crippen LogP contribution in [0.4, 0.5) is 5.69 Å². The summed E-state index contributed by atoms with van der Waals surface area (Å²) < 4.78 is 5.59. The van der Waals surface area contributed by atoms with E-state index in [1.165, 1.54) is 6.20 Å². The van der Waals surface area contributed by atoms with Gasteiger partial charge in [-0.15, -0.1) is 0 Å². The van der Waals surface area contributed by atoms with Crippen molar-refractivity contribution in [3.63, 3.8) is 0 Å². The molecule has 3 N–H and O–H groups in total. The average molecular weight is 352 g/mol. The number of nitrogens with zero attached hydrogens (tertiary/aromatic N) is 1. The van der Waals surface area contributed by atoms with Crippen LogP contribution in [0, 0.1) is 5.92 Å². The summed E-state index contributed by atoms with van der Waals surface area (Å²) >= 11 is 11.8. The van der Waals surface area contributed by atoms with Gasteiger partial charge in [-0.1, -0.05) is 23.2 Å². The van der Waals surface area contributed by atoms with E-state index >= 15 is 0 Å². The van der Waals surface area contributed by atoms with Crippen LogP contribution in [-0.2, 0) is 4.79 Å². The number of carbonyl (C=O) groups is 1. The summed E-state index contributed by atoms with van der Waals surface area (Å²) in [5.74, 6) is 0.850. The number of ether oxygens (including phenoxy) is 1. The number of halogens is 2. The second-order valence-electron chi connectivity index (χ2n) is 5.48. The molecule has 7 heteroatoms. The maximum Gasteiger partial charge on any atom is 0.238 e. The van der Waals surface area contributed by atoms with E-state index in [2.05, 4.69) is 10.3 Å². The van der Waals surface area contributed by atoms with Gasteiger partial charge in [0.1, 0.15) is 10.8 Å². The van der Waals surface area contributed by atoms with Crippen molar-refractivity contribution in [2.75, 3.05) is 5.32 Å². The molecule has 1 heterocycles. The number of pyridine rings is 1. The summed E-state index contributed by atoms with van der Waals surface area (Å²) in [7, 11) is 0. The maximum absolute atomic E-state index is 12.0. The van der Waals surface area contributed by atoms with E-state index in [-0.39, 0.29) is 23.7 Å². The van der Waals surface area contributed by atoms with Crippen molar-refractivity contribution in [3.05, 3.63) is 46.6 Å². The van der Waals surface area contributed by atoms with Gasteiger partial charge >= 0.3 is 0 Å². The van der Waals surface area contributed by atoms with E-state index < -0.39 is 0 Å². The number of carbonyl (C=O) groups excluding carboxylic acids is 1. The lowest BCUT2D eigenvalue weighted by atomic mass is 9.80. The van der Waals surface area contributed by atoms with E-state index in [1.807, 2.05) is 0 Å². The Bertz CT molecular complexity index is 716. The molecule has 120 valence electrons. The lowest BCUT2D eigenvalue weighted by Crippen LogP contribution is -2.42. The highest BCUT2D eigenvalue weighted by molar-refractivity contribution is 6.35. The molecule has 3 rings (SSSR count). The lowest BCUT2D eigenvalue weighted by molar-refractivity contribution is -0.122. The quantitative estimate of drug-likeness (QED) is 0.876. The van der Waals surface area contributed by atoms with Crippen molar-refractivity contribution >= 4 is 34.8 Å². The number of aromatic nitrogens is 1. The summed E-state index contributed by atoms with van der Waals surface area (Å²) in [5, 5.41) is 3.64. The molecule has 0 bridgehead atoms. The Labute approximate surface area is 143 Å². The zero-order valence-corrected chi connectivity index (χ0v) is 13.6. The molecule has 1 saturated carbocycles. The summed E-state index contributed by atoms with van der Waals surface area (Å²) in [6.07, 6.45) is 2.95. The third kappa shape index (κ3) is 3.93. The Hall–Kier alpha value is -1.82. The van der Waals surface area contributed by atoms with Crippen molar-refractivity contribution < 1.29 is 9.53 Å². The lowest BCUT2D eigenvalue weighted by Gasteiger charge is -2.31. The highest BCUT2D eigenvalue weighted by atomic mass is 35.5. The van der Waals surface area contributed by atoms with Gasteiger partial charge in [-0.3, -0.25) is 4.79 Å². The molecule has 0 aliphatic heterocycles. The van der Waals surface area contributed by atoms with Gasteiger partial charge in [-0.2, -0.15) is 0 Å². The van der Waals surface area contributed by atoms with Gasteiger partial charge in [0.2, 0.25) is 11.8 Å². The van der Waals surface area contributed by atoms with Gasteiger partial charge in [0.15, 0.2) is 0 Å². The first kappa shape index (κ1) is 16.1. The van der Waals surface area contributed by atoms with Gasteiger partial charge in [0, 0.05) is 23.8 Å². The minimum atomic E-state index is 0.00257. The number of nitrogens with one attached hydrogen (secondary N) is 1. The topological polar surface area (TPSA) is 77.2 Å². The van der Waals surface area contributed by atoms with Crippen molar-refractivity contribution in [2.45, 2.75) is 18.9 Å². The molecule has 1 aliphatic rings. The molecule has 1 aromatic carbocycles. The fraction of sp³-hybridized carbons (Fsp3) is 0.250. The number of anilines is 1. The van der Waals surface area contributed by atoms with Crippen LogP contribution in [-0.4, -0.2) is 16.9 Å². The van der Waals surface area contributed by atoms with E-state index in [0.29, 0.717) is 21.5 Å². The minimum absolute atomic E-state index is 0.00257. The summed E-state index contributed by atoms with van der Waals surface area (Å²) in [6, 6.07) is 8.69. The third-order valence-corrected chi connectivity index (χ3v) is 4.13. The van der Waals surface area contributed by atoms with Crippen molar-refractivity contribution in [3.8, 4) is 11.6 Å². The Kier molecular flexibility index (Phi) is 4.71. The molecule has 5 nitrogen and oxygen atoms in total. The van der Waals surface area contributed by atoms with Crippen molar-refractivity contribution in [2.24, 2.45) is 11.7 Å². The highest BCUT2D eigenvalue weighted by Gasteiger charge is 2.31. The van der Waals surface area contributed by atoms with Gasteiger partial charge in [-0.25, -0.2) is 4.98 Å². The first-order chi connectivity index (χ1) is 11.0. The second kappa shape index (κ2) is 6.74. The Morgan fingerprint density at radius 1 is 1.26 bits per heavy atom. The van der Waals surface area contributed by atoms with E-state index in [1.54, 1.807) is 30.3 Å². The van der Waals surface area contributed by atoms with E-state index in [9.17, 15) is 4.79 Å². The van der Waals surface area contributed by atoms with Crippen LogP contribution in [0.2, 0.25) is 10.0 Å². The summed E-state index contributed by atoms with van der Waals surface area (Å²) in [6.45, 7) is 0. The number of hydrogen-bond donors (Lipinski definition) is 2. The summed E-state index contributed by atoms with van der Waals surface area (Å²) in [4.78, 5) is 16.0. The van der Waals surface area contributed by atoms with Crippen LogP contribution in [0.25, 0.3) is 0 Å². The first-order valence-corrected chi connectivity index (χ1v) is 7.92. The number of hydrogen-bond acceptors (Lipinski definition) is 4. The van der Waals surface area contributed by atoms with Crippen LogP contribution >= 0.6 is 23.2 Å². The zero-order chi connectivity index (χ0) is 16.4. The minimum Gasteiger partial charge on any atom is -0.438 e. The average Bonchev–Trinajstić information content (AvgIpc) is 2.48. The van der Waals surface area contributed by atoms with E-state index in [4.69, 9.17) is 33.7 Å². The second-order valence-corrected chi connectivity index (χ2v) is 6.33. The molecule has 1 aliphatic carbocycles. The first-order valence-electron chi connectivity index (χ1n) is 7.16. The van der Waals surface area contributed by atoms with Crippen molar-refractivity contribution in [1.29, 1.82) is 0 Å². The molecule has 0 saturated heterocycles. The number of amides is 1. The molecule has 0 spiro atoms. The molecule has 1 aromatic heterocycles. The number of rotatable bonds is 4. The van der Waals surface area contributed by atoms with Gasteiger partial charge in [0.25, 0.3) is 0 Å². The normalized spacial score (nSPS) is 19.8. The van der Waals surface area contributed by atoms with E-state index in [0.717, 1.165) is 12.8 Å². The Morgan fingerprint density at radius 2 is 1.96 bits per heavy atom. The monoisotopic (exact) mass is 351 g/mol. The van der Waals surface area contributed by atoms with Crippen LogP contribution in [0.1, 0.15) is 12.8 Å². The molecule has 0 radical (unpaired) electrons. The summed E-state index contributed by atoms with van der Waals surface area (Å²) in [5.41, 5.74) is 6.40. The molecular weight excluding hydrogens is 337 g/mol. The predicted molar refractivity (Wildman–Crippen MR) is 90.1 cm³/mol. The zero-order valence-electron chi connectivity index (χ0n) is 12.1. The smallest absolute Gasteiger partial charge is 0.238 e. The van der Waals surface area contributed by atoms with Crippen LogP contribution < -0.4 is 15.8 Å². The maximum atomic E-state index is 12.0. The fourth-order valence-corrected chi connectivity index (χ4v) is 2.73. The molecule has 1 amide bonds. The largest absolute Gasteiger partial charge is 0.438 e. The molecule has 2 aromatic rings. The Balaban J connectivity index is 1.61. The third-order valence-electron chi connectivity index (χ3n) is 3.66. The SMILES string of the molecule is NC1CC(C(=O)Nc2ccc(Oc3ncc(Cl)cc3Cl)cc2)C1. The molecule has 0 unspecified atom stereocenters. The number of benzene rings is 1. The van der Waals surface area contributed by atoms with Crippen LogP contribution in [0.3, 0.4) is 0 Å². The molecule has 1 fully saturated rings. The predicted octanol–water partition coefficient (Wildman–Crippen LogP) is 3.86.